The van der Waals surface area contributed by atoms with Gasteiger partial charge in [0.05, 0.1) is 19.4 Å². The molecule has 0 fully saturated rings. The van der Waals surface area contributed by atoms with Crippen molar-refractivity contribution in [3.8, 4) is 11.5 Å². The fourth-order valence-corrected chi connectivity index (χ4v) is 2.11. The van der Waals surface area contributed by atoms with Crippen LogP contribution < -0.4 is 15.1 Å². The Bertz CT molecular complexity index is 840. The first-order valence-corrected chi connectivity index (χ1v) is 7.43. The summed E-state index contributed by atoms with van der Waals surface area (Å²) in [6, 6.07) is 12.4. The molecule has 2 aromatic heterocycles. The van der Waals surface area contributed by atoms with Gasteiger partial charge in [0, 0.05) is 29.6 Å². The molecule has 0 bridgehead atoms. The maximum absolute atomic E-state index is 11.2. The van der Waals surface area contributed by atoms with Gasteiger partial charge in [-0.2, -0.15) is 0 Å². The van der Waals surface area contributed by atoms with Gasteiger partial charge in [-0.05, 0) is 37.3 Å². The predicted octanol–water partition coefficient (Wildman–Crippen LogP) is 3.34. The van der Waals surface area contributed by atoms with Crippen molar-refractivity contribution in [3.63, 3.8) is 0 Å². The summed E-state index contributed by atoms with van der Waals surface area (Å²) in [5.41, 5.74) is 1.12. The van der Waals surface area contributed by atoms with E-state index in [1.165, 1.54) is 6.07 Å². The standard InChI is InChI=1S/C18H17NO4/c1-13-3-6-16(12-19-13)22-10-2-9-21-15-7-4-14-5-8-18(20)23-17(14)11-15/h3-8,11-12H,2,9-10H2,1H3. The van der Waals surface area contributed by atoms with Crippen LogP contribution in [0.1, 0.15) is 12.1 Å². The quantitative estimate of drug-likeness (QED) is 0.516. The second-order valence-electron chi connectivity index (χ2n) is 5.14. The Hall–Kier alpha value is -2.82. The Morgan fingerprint density at radius 2 is 1.74 bits per heavy atom. The van der Waals surface area contributed by atoms with Crippen LogP contribution in [-0.2, 0) is 0 Å². The average Bonchev–Trinajstić information content (AvgIpc) is 2.56. The summed E-state index contributed by atoms with van der Waals surface area (Å²) in [6.45, 7) is 3.00. The van der Waals surface area contributed by atoms with Crippen molar-refractivity contribution < 1.29 is 13.9 Å². The van der Waals surface area contributed by atoms with Gasteiger partial charge in [0.1, 0.15) is 17.1 Å². The molecule has 23 heavy (non-hydrogen) atoms. The van der Waals surface area contributed by atoms with Gasteiger partial charge in [-0.3, -0.25) is 4.98 Å². The number of nitrogens with zero attached hydrogens (tertiary/aromatic N) is 1. The molecule has 3 aromatic rings. The molecule has 0 N–H and O–H groups in total. The van der Waals surface area contributed by atoms with Crippen LogP contribution in [0.3, 0.4) is 0 Å². The lowest BCUT2D eigenvalue weighted by Gasteiger charge is -2.08. The van der Waals surface area contributed by atoms with Crippen LogP contribution in [-0.4, -0.2) is 18.2 Å². The molecular weight excluding hydrogens is 294 g/mol. The number of rotatable bonds is 6. The topological polar surface area (TPSA) is 61.6 Å². The number of ether oxygens (including phenoxy) is 2. The molecule has 1 aromatic carbocycles. The van der Waals surface area contributed by atoms with Crippen LogP contribution in [0.4, 0.5) is 0 Å². The van der Waals surface area contributed by atoms with Crippen molar-refractivity contribution in [1.29, 1.82) is 0 Å². The van der Waals surface area contributed by atoms with E-state index in [0.717, 1.165) is 23.3 Å². The summed E-state index contributed by atoms with van der Waals surface area (Å²) in [5.74, 6) is 1.42. The molecule has 0 unspecified atom stereocenters. The number of pyridine rings is 1. The summed E-state index contributed by atoms with van der Waals surface area (Å²) in [6.07, 6.45) is 2.45. The fraction of sp³-hybridized carbons (Fsp3) is 0.222. The zero-order valence-corrected chi connectivity index (χ0v) is 12.8. The second kappa shape index (κ2) is 6.96. The van der Waals surface area contributed by atoms with Crippen LogP contribution in [0.25, 0.3) is 11.0 Å². The number of aryl methyl sites for hydroxylation is 1. The van der Waals surface area contributed by atoms with Gasteiger partial charge >= 0.3 is 5.63 Å². The summed E-state index contributed by atoms with van der Waals surface area (Å²) in [7, 11) is 0. The SMILES string of the molecule is Cc1ccc(OCCCOc2ccc3ccc(=O)oc3c2)cn1. The van der Waals surface area contributed by atoms with Crippen LogP contribution >= 0.6 is 0 Å². The Morgan fingerprint density at radius 1 is 1.00 bits per heavy atom. The first-order chi connectivity index (χ1) is 11.2. The van der Waals surface area contributed by atoms with Gasteiger partial charge in [-0.15, -0.1) is 0 Å². The highest BCUT2D eigenvalue weighted by atomic mass is 16.5. The second-order valence-corrected chi connectivity index (χ2v) is 5.14. The van der Waals surface area contributed by atoms with Crippen LogP contribution in [0, 0.1) is 6.92 Å². The lowest BCUT2D eigenvalue weighted by atomic mass is 10.2. The summed E-state index contributed by atoms with van der Waals surface area (Å²) in [4.78, 5) is 15.4. The molecule has 118 valence electrons. The molecule has 0 saturated carbocycles. The van der Waals surface area contributed by atoms with Gasteiger partial charge in [-0.1, -0.05) is 0 Å². The average molecular weight is 311 g/mol. The molecule has 3 rings (SSSR count). The van der Waals surface area contributed by atoms with Crippen molar-refractivity contribution in [2.75, 3.05) is 13.2 Å². The molecule has 0 amide bonds. The highest BCUT2D eigenvalue weighted by molar-refractivity contribution is 5.77. The summed E-state index contributed by atoms with van der Waals surface area (Å²) < 4.78 is 16.4. The van der Waals surface area contributed by atoms with Gasteiger partial charge in [0.15, 0.2) is 0 Å². The summed E-state index contributed by atoms with van der Waals surface area (Å²) in [5, 5.41) is 0.868. The van der Waals surface area contributed by atoms with Crippen LogP contribution in [0.5, 0.6) is 11.5 Å². The zero-order valence-electron chi connectivity index (χ0n) is 12.8. The van der Waals surface area contributed by atoms with Crippen molar-refractivity contribution in [2.45, 2.75) is 13.3 Å². The molecule has 0 aliphatic heterocycles. The number of hydrogen-bond acceptors (Lipinski definition) is 5. The van der Waals surface area contributed by atoms with E-state index in [1.54, 1.807) is 18.3 Å². The minimum Gasteiger partial charge on any atom is -0.493 e. The number of aromatic nitrogens is 1. The molecule has 5 heteroatoms. The lowest BCUT2D eigenvalue weighted by molar-refractivity contribution is 0.247. The molecule has 0 saturated heterocycles. The van der Waals surface area contributed by atoms with E-state index in [2.05, 4.69) is 4.98 Å². The zero-order chi connectivity index (χ0) is 16.1. The van der Waals surface area contributed by atoms with Crippen LogP contribution in [0.15, 0.2) is 57.9 Å². The molecule has 0 atom stereocenters. The first-order valence-electron chi connectivity index (χ1n) is 7.43. The fourth-order valence-electron chi connectivity index (χ4n) is 2.11. The van der Waals surface area contributed by atoms with Gasteiger partial charge in [-0.25, -0.2) is 4.79 Å². The largest absolute Gasteiger partial charge is 0.493 e. The minimum atomic E-state index is -0.366. The Balaban J connectivity index is 1.48. The van der Waals surface area contributed by atoms with E-state index in [1.807, 2.05) is 31.2 Å². The Kier molecular flexibility index (Phi) is 4.57. The highest BCUT2D eigenvalue weighted by Crippen LogP contribution is 2.19. The van der Waals surface area contributed by atoms with E-state index >= 15 is 0 Å². The molecule has 0 aliphatic rings. The van der Waals surface area contributed by atoms with Gasteiger partial charge in [0.2, 0.25) is 0 Å². The number of fused-ring (bicyclic) bond motifs is 1. The van der Waals surface area contributed by atoms with Gasteiger partial charge < -0.3 is 13.9 Å². The predicted molar refractivity (Wildman–Crippen MR) is 87.1 cm³/mol. The number of benzene rings is 1. The van der Waals surface area contributed by atoms with E-state index < -0.39 is 0 Å². The maximum atomic E-state index is 11.2. The summed E-state index contributed by atoms with van der Waals surface area (Å²) >= 11 is 0. The first kappa shape index (κ1) is 15.1. The van der Waals surface area contributed by atoms with Crippen LogP contribution in [0.2, 0.25) is 0 Å². The number of hydrogen-bond donors (Lipinski definition) is 0. The molecule has 5 nitrogen and oxygen atoms in total. The van der Waals surface area contributed by atoms with E-state index in [0.29, 0.717) is 24.5 Å². The van der Waals surface area contributed by atoms with E-state index in [-0.39, 0.29) is 5.63 Å². The lowest BCUT2D eigenvalue weighted by Crippen LogP contribution is -2.05. The molecule has 0 aliphatic carbocycles. The Labute approximate surface area is 133 Å². The van der Waals surface area contributed by atoms with Crippen molar-refractivity contribution in [3.05, 3.63) is 64.8 Å². The highest BCUT2D eigenvalue weighted by Gasteiger charge is 2.01. The van der Waals surface area contributed by atoms with Crippen molar-refractivity contribution in [1.82, 2.24) is 4.98 Å². The molecule has 2 heterocycles. The molecular formula is C18H17NO4. The normalized spacial score (nSPS) is 10.7. The van der Waals surface area contributed by atoms with E-state index in [9.17, 15) is 4.79 Å². The Morgan fingerprint density at radius 3 is 2.52 bits per heavy atom. The van der Waals surface area contributed by atoms with Gasteiger partial charge in [0.25, 0.3) is 0 Å². The molecule has 0 spiro atoms. The van der Waals surface area contributed by atoms with Crippen molar-refractivity contribution in [2.24, 2.45) is 0 Å². The third-order valence-electron chi connectivity index (χ3n) is 3.30. The third kappa shape index (κ3) is 4.10. The smallest absolute Gasteiger partial charge is 0.336 e. The third-order valence-corrected chi connectivity index (χ3v) is 3.30. The van der Waals surface area contributed by atoms with E-state index in [4.69, 9.17) is 13.9 Å². The molecule has 0 radical (unpaired) electrons. The monoisotopic (exact) mass is 311 g/mol. The minimum absolute atomic E-state index is 0.366. The maximum Gasteiger partial charge on any atom is 0.336 e. The van der Waals surface area contributed by atoms with Crippen molar-refractivity contribution >= 4 is 11.0 Å².